The molecule has 6 nitrogen and oxygen atoms in total. The van der Waals surface area contributed by atoms with Gasteiger partial charge in [-0.05, 0) is 30.7 Å². The Morgan fingerprint density at radius 3 is 2.24 bits per heavy atom. The van der Waals surface area contributed by atoms with Gasteiger partial charge in [-0.25, -0.2) is 0 Å². The third-order valence-electron chi connectivity index (χ3n) is 2.85. The zero-order valence-electron chi connectivity index (χ0n) is 11.9. The van der Waals surface area contributed by atoms with Crippen molar-refractivity contribution < 1.29 is 23.6 Å². The molecule has 1 heterocycles. The fourth-order valence-corrected chi connectivity index (χ4v) is 1.84. The highest BCUT2D eigenvalue weighted by Crippen LogP contribution is 2.13. The largest absolute Gasteiger partial charge is 0.628 e. The molecule has 0 aliphatic carbocycles. The number of carbonyl (C=O) groups is 2. The number of hydrogen-bond acceptors (Lipinski definition) is 6. The maximum atomic E-state index is 11.6. The zero-order chi connectivity index (χ0) is 15.2. The Morgan fingerprint density at radius 1 is 1.14 bits per heavy atom. The summed E-state index contributed by atoms with van der Waals surface area (Å²) in [5.41, 5.74) is 0.877. The van der Waals surface area contributed by atoms with Crippen LogP contribution >= 0.6 is 0 Å². The standard InChI is InChI=1S/C14H16BNO5/c1-16-9-13(17)20-15(21-14(18)10-16)8-7-11-3-5-12(19-2)6-4-11/h3-8H,9-10H2,1-2H3/b8-7+. The van der Waals surface area contributed by atoms with Gasteiger partial charge in [-0.2, -0.15) is 0 Å². The average Bonchev–Trinajstić information content (AvgIpc) is 2.43. The molecule has 0 N–H and O–H groups in total. The molecule has 0 amide bonds. The summed E-state index contributed by atoms with van der Waals surface area (Å²) in [6.07, 6.45) is 1.72. The Bertz CT molecular complexity index is 523. The van der Waals surface area contributed by atoms with Crippen LogP contribution in [0.3, 0.4) is 0 Å². The Labute approximate surface area is 123 Å². The highest BCUT2D eigenvalue weighted by molar-refractivity contribution is 6.55. The van der Waals surface area contributed by atoms with Gasteiger partial charge in [-0.15, -0.1) is 0 Å². The van der Waals surface area contributed by atoms with Crippen molar-refractivity contribution >= 4 is 25.1 Å². The van der Waals surface area contributed by atoms with E-state index in [0.29, 0.717) is 0 Å². The van der Waals surface area contributed by atoms with Crippen molar-refractivity contribution in [2.24, 2.45) is 0 Å². The van der Waals surface area contributed by atoms with Crippen molar-refractivity contribution in [2.75, 3.05) is 27.2 Å². The first-order valence-corrected chi connectivity index (χ1v) is 6.46. The second-order valence-electron chi connectivity index (χ2n) is 4.65. The van der Waals surface area contributed by atoms with Crippen LogP contribution in [-0.4, -0.2) is 51.2 Å². The third-order valence-corrected chi connectivity index (χ3v) is 2.85. The lowest BCUT2D eigenvalue weighted by Crippen LogP contribution is -2.41. The first-order chi connectivity index (χ1) is 10.1. The van der Waals surface area contributed by atoms with Crippen LogP contribution < -0.4 is 4.74 Å². The van der Waals surface area contributed by atoms with Gasteiger partial charge in [0, 0.05) is 0 Å². The van der Waals surface area contributed by atoms with Crippen LogP contribution in [0, 0.1) is 0 Å². The summed E-state index contributed by atoms with van der Waals surface area (Å²) in [5.74, 6) is 1.41. The van der Waals surface area contributed by atoms with Crippen LogP contribution in [0.15, 0.2) is 30.2 Å². The summed E-state index contributed by atoms with van der Waals surface area (Å²) >= 11 is 0. The Morgan fingerprint density at radius 2 is 1.71 bits per heavy atom. The van der Waals surface area contributed by atoms with E-state index in [1.807, 2.05) is 24.3 Å². The van der Waals surface area contributed by atoms with Gasteiger partial charge in [0.1, 0.15) is 5.75 Å². The molecule has 1 aliphatic rings. The summed E-state index contributed by atoms with van der Waals surface area (Å²) < 4.78 is 15.2. The van der Waals surface area contributed by atoms with E-state index in [4.69, 9.17) is 14.0 Å². The van der Waals surface area contributed by atoms with Gasteiger partial charge in [0.2, 0.25) is 0 Å². The molecule has 0 aromatic heterocycles. The van der Waals surface area contributed by atoms with Gasteiger partial charge in [0.05, 0.1) is 20.2 Å². The van der Waals surface area contributed by atoms with Crippen molar-refractivity contribution in [1.29, 1.82) is 0 Å². The van der Waals surface area contributed by atoms with E-state index in [-0.39, 0.29) is 13.1 Å². The molecule has 0 radical (unpaired) electrons. The van der Waals surface area contributed by atoms with Crippen LogP contribution in [0.4, 0.5) is 0 Å². The highest BCUT2D eigenvalue weighted by Gasteiger charge is 2.29. The molecule has 7 heteroatoms. The highest BCUT2D eigenvalue weighted by atomic mass is 16.6. The van der Waals surface area contributed by atoms with E-state index in [1.54, 1.807) is 20.2 Å². The van der Waals surface area contributed by atoms with E-state index < -0.39 is 19.1 Å². The lowest BCUT2D eigenvalue weighted by atomic mass is 9.88. The number of ether oxygens (including phenoxy) is 1. The van der Waals surface area contributed by atoms with Crippen molar-refractivity contribution in [3.63, 3.8) is 0 Å². The smallest absolute Gasteiger partial charge is 0.497 e. The lowest BCUT2D eigenvalue weighted by molar-refractivity contribution is -0.145. The van der Waals surface area contributed by atoms with Gasteiger partial charge in [-0.1, -0.05) is 18.2 Å². The maximum Gasteiger partial charge on any atom is 0.628 e. The molecular weight excluding hydrogens is 273 g/mol. The van der Waals surface area contributed by atoms with E-state index in [1.165, 1.54) is 10.9 Å². The van der Waals surface area contributed by atoms with Crippen molar-refractivity contribution in [2.45, 2.75) is 0 Å². The Hall–Kier alpha value is -2.28. The zero-order valence-corrected chi connectivity index (χ0v) is 11.9. The maximum absolute atomic E-state index is 11.6. The van der Waals surface area contributed by atoms with Crippen LogP contribution in [0.5, 0.6) is 5.75 Å². The molecule has 0 unspecified atom stereocenters. The van der Waals surface area contributed by atoms with E-state index in [0.717, 1.165) is 11.3 Å². The molecule has 1 aliphatic heterocycles. The van der Waals surface area contributed by atoms with E-state index in [2.05, 4.69) is 0 Å². The number of methoxy groups -OCH3 is 1. The second-order valence-corrected chi connectivity index (χ2v) is 4.65. The number of rotatable bonds is 3. The SMILES string of the molecule is COc1ccc(/C=C/B2OC(=O)CN(C)CC(=O)O2)cc1. The summed E-state index contributed by atoms with van der Waals surface area (Å²) in [6.45, 7) is 0.115. The van der Waals surface area contributed by atoms with Crippen LogP contribution in [0.1, 0.15) is 5.56 Å². The topological polar surface area (TPSA) is 65.1 Å². The van der Waals surface area contributed by atoms with Crippen molar-refractivity contribution in [3.8, 4) is 5.75 Å². The predicted octanol–water partition coefficient (Wildman–Crippen LogP) is 0.768. The molecule has 110 valence electrons. The van der Waals surface area contributed by atoms with Crippen molar-refractivity contribution in [3.05, 3.63) is 35.8 Å². The fraction of sp³-hybridized carbons (Fsp3) is 0.286. The fourth-order valence-electron chi connectivity index (χ4n) is 1.84. The first-order valence-electron chi connectivity index (χ1n) is 6.46. The normalized spacial score (nSPS) is 17.1. The minimum atomic E-state index is -0.999. The molecule has 0 saturated carbocycles. The molecule has 1 fully saturated rings. The van der Waals surface area contributed by atoms with Gasteiger partial charge in [0.25, 0.3) is 0 Å². The molecule has 2 rings (SSSR count). The van der Waals surface area contributed by atoms with Crippen LogP contribution in [-0.2, 0) is 18.9 Å². The molecule has 21 heavy (non-hydrogen) atoms. The van der Waals surface area contributed by atoms with Gasteiger partial charge in [0.15, 0.2) is 0 Å². The van der Waals surface area contributed by atoms with Crippen LogP contribution in [0.2, 0.25) is 0 Å². The van der Waals surface area contributed by atoms with Crippen molar-refractivity contribution in [1.82, 2.24) is 4.90 Å². The predicted molar refractivity (Wildman–Crippen MR) is 77.5 cm³/mol. The number of carbonyl (C=O) groups excluding carboxylic acids is 2. The van der Waals surface area contributed by atoms with Crippen LogP contribution in [0.25, 0.3) is 6.08 Å². The summed E-state index contributed by atoms with van der Waals surface area (Å²) in [4.78, 5) is 24.6. The molecule has 1 aromatic carbocycles. The molecule has 1 saturated heterocycles. The third kappa shape index (κ3) is 4.64. The summed E-state index contributed by atoms with van der Waals surface area (Å²) in [6, 6.07) is 7.31. The van der Waals surface area contributed by atoms with Gasteiger partial charge < -0.3 is 14.0 Å². The quantitative estimate of drug-likeness (QED) is 0.766. The lowest BCUT2D eigenvalue weighted by Gasteiger charge is -2.21. The minimum Gasteiger partial charge on any atom is -0.497 e. The van der Waals surface area contributed by atoms with E-state index >= 15 is 0 Å². The number of benzene rings is 1. The first kappa shape index (κ1) is 15.1. The minimum absolute atomic E-state index is 0.0575. The average molecular weight is 289 g/mol. The van der Waals surface area contributed by atoms with Gasteiger partial charge >= 0.3 is 19.1 Å². The Kier molecular flexibility index (Phi) is 5.00. The number of nitrogens with zero attached hydrogens (tertiary/aromatic N) is 1. The number of likely N-dealkylation sites (N-methyl/N-ethyl adjacent to an activating group) is 1. The summed E-state index contributed by atoms with van der Waals surface area (Å²) in [7, 11) is 2.24. The van der Waals surface area contributed by atoms with Gasteiger partial charge in [-0.3, -0.25) is 14.5 Å². The monoisotopic (exact) mass is 289 g/mol. The molecule has 0 spiro atoms. The molecule has 1 aromatic rings. The molecular formula is C14H16BNO5. The Balaban J connectivity index is 2.03. The summed E-state index contributed by atoms with van der Waals surface area (Å²) in [5, 5.41) is 0. The molecule has 0 bridgehead atoms. The number of hydrogen-bond donors (Lipinski definition) is 0. The van der Waals surface area contributed by atoms with E-state index in [9.17, 15) is 9.59 Å². The second kappa shape index (κ2) is 6.94. The molecule has 0 atom stereocenters.